The number of carbonyl (C=O) groups excluding carboxylic acids is 1. The number of nitrogens with zero attached hydrogens (tertiary/aromatic N) is 2. The lowest BCUT2D eigenvalue weighted by molar-refractivity contribution is 0.0210. The molecule has 2 fully saturated rings. The van der Waals surface area contributed by atoms with E-state index < -0.39 is 0 Å². The Balaban J connectivity index is 1.77. The van der Waals surface area contributed by atoms with Crippen molar-refractivity contribution in [1.82, 2.24) is 9.88 Å². The van der Waals surface area contributed by atoms with Crippen LogP contribution in [0.15, 0.2) is 18.3 Å². The summed E-state index contributed by atoms with van der Waals surface area (Å²) >= 11 is 0. The number of aliphatic hydroxyl groups excluding tert-OH is 1. The minimum Gasteiger partial charge on any atom is -0.477 e. The van der Waals surface area contributed by atoms with Gasteiger partial charge in [0.05, 0.1) is 12.7 Å². The zero-order valence-corrected chi connectivity index (χ0v) is 15.4. The maximum absolute atomic E-state index is 13.2. The molecule has 1 saturated carbocycles. The Morgan fingerprint density at radius 2 is 2.12 bits per heavy atom. The molecule has 2 aliphatic rings. The molecule has 3 atom stereocenters. The van der Waals surface area contributed by atoms with Crippen molar-refractivity contribution in [1.29, 1.82) is 0 Å². The van der Waals surface area contributed by atoms with E-state index in [1.807, 2.05) is 4.90 Å². The van der Waals surface area contributed by atoms with Crippen molar-refractivity contribution >= 4 is 5.91 Å². The van der Waals surface area contributed by atoms with Gasteiger partial charge < -0.3 is 14.7 Å². The fraction of sp³-hybridized carbons (Fsp3) is 0.700. The van der Waals surface area contributed by atoms with E-state index in [1.165, 1.54) is 0 Å². The first-order valence-electron chi connectivity index (χ1n) is 9.64. The molecule has 1 aromatic rings. The first kappa shape index (κ1) is 18.2. The van der Waals surface area contributed by atoms with Crippen molar-refractivity contribution in [3.63, 3.8) is 0 Å². The topological polar surface area (TPSA) is 62.7 Å². The number of carbonyl (C=O) groups is 1. The molecule has 5 heteroatoms. The number of amides is 1. The van der Waals surface area contributed by atoms with Crippen molar-refractivity contribution in [2.45, 2.75) is 64.5 Å². The minimum atomic E-state index is -0.280. The van der Waals surface area contributed by atoms with Crippen LogP contribution in [0.2, 0.25) is 0 Å². The normalized spacial score (nSPS) is 26.9. The summed E-state index contributed by atoms with van der Waals surface area (Å²) in [6.45, 7) is 5.45. The smallest absolute Gasteiger partial charge is 0.259 e. The fourth-order valence-corrected chi connectivity index (χ4v) is 4.15. The van der Waals surface area contributed by atoms with E-state index >= 15 is 0 Å². The zero-order valence-electron chi connectivity index (χ0n) is 15.4. The molecule has 0 unspecified atom stereocenters. The maximum Gasteiger partial charge on any atom is 0.259 e. The third-order valence-corrected chi connectivity index (χ3v) is 5.39. The van der Waals surface area contributed by atoms with Crippen molar-refractivity contribution < 1.29 is 14.6 Å². The molecule has 2 heterocycles. The van der Waals surface area contributed by atoms with Crippen LogP contribution in [0.1, 0.15) is 62.7 Å². The second kappa shape index (κ2) is 8.17. The molecule has 1 amide bonds. The highest BCUT2D eigenvalue weighted by atomic mass is 16.5. The van der Waals surface area contributed by atoms with E-state index in [1.54, 1.807) is 18.3 Å². The first-order chi connectivity index (χ1) is 12.1. The van der Waals surface area contributed by atoms with Gasteiger partial charge in [0.1, 0.15) is 5.56 Å². The van der Waals surface area contributed by atoms with E-state index in [0.717, 1.165) is 45.1 Å². The Morgan fingerprint density at radius 1 is 1.32 bits per heavy atom. The first-order valence-corrected chi connectivity index (χ1v) is 9.64. The average Bonchev–Trinajstić information content (AvgIpc) is 3.09. The SMILES string of the molecule is CC(C)COc1ncccc1C(=O)N1CCC[C@@H]1[C@@H]1CCCC[C@H]1O. The Kier molecular flexibility index (Phi) is 5.94. The molecule has 1 aliphatic heterocycles. The average molecular weight is 346 g/mol. The number of hydrogen-bond donors (Lipinski definition) is 1. The van der Waals surface area contributed by atoms with Gasteiger partial charge in [-0.05, 0) is 43.7 Å². The monoisotopic (exact) mass is 346 g/mol. The van der Waals surface area contributed by atoms with Gasteiger partial charge >= 0.3 is 0 Å². The summed E-state index contributed by atoms with van der Waals surface area (Å²) in [4.78, 5) is 19.4. The third kappa shape index (κ3) is 4.14. The lowest BCUT2D eigenvalue weighted by atomic mass is 9.80. The summed E-state index contributed by atoms with van der Waals surface area (Å²) in [5, 5.41) is 10.4. The van der Waals surface area contributed by atoms with Gasteiger partial charge in [0.25, 0.3) is 5.91 Å². The van der Waals surface area contributed by atoms with Gasteiger partial charge in [0.15, 0.2) is 0 Å². The van der Waals surface area contributed by atoms with Crippen LogP contribution in [0.4, 0.5) is 0 Å². The second-order valence-corrected chi connectivity index (χ2v) is 7.78. The van der Waals surface area contributed by atoms with Gasteiger partial charge in [-0.2, -0.15) is 0 Å². The highest BCUT2D eigenvalue weighted by Crippen LogP contribution is 2.36. The summed E-state index contributed by atoms with van der Waals surface area (Å²) in [5.41, 5.74) is 0.542. The predicted molar refractivity (Wildman–Crippen MR) is 96.6 cm³/mol. The van der Waals surface area contributed by atoms with Gasteiger partial charge in [-0.1, -0.05) is 26.7 Å². The highest BCUT2D eigenvalue weighted by molar-refractivity contribution is 5.96. The summed E-state index contributed by atoms with van der Waals surface area (Å²) in [6, 6.07) is 3.73. The van der Waals surface area contributed by atoms with Crippen LogP contribution in [0.3, 0.4) is 0 Å². The lowest BCUT2D eigenvalue weighted by Gasteiger charge is -2.37. The highest BCUT2D eigenvalue weighted by Gasteiger charge is 2.39. The number of rotatable bonds is 5. The maximum atomic E-state index is 13.2. The minimum absolute atomic E-state index is 0.00729. The van der Waals surface area contributed by atoms with E-state index in [0.29, 0.717) is 24.0 Å². The second-order valence-electron chi connectivity index (χ2n) is 7.78. The summed E-state index contributed by atoms with van der Waals surface area (Å²) in [6.07, 6.45) is 7.48. The zero-order chi connectivity index (χ0) is 17.8. The van der Waals surface area contributed by atoms with Crippen LogP contribution in [0.5, 0.6) is 5.88 Å². The van der Waals surface area contributed by atoms with Crippen molar-refractivity contribution in [2.24, 2.45) is 11.8 Å². The predicted octanol–water partition coefficient (Wildman–Crippen LogP) is 3.27. The molecular weight excluding hydrogens is 316 g/mol. The van der Waals surface area contributed by atoms with Crippen LogP contribution in [-0.2, 0) is 0 Å². The van der Waals surface area contributed by atoms with Crippen LogP contribution in [0.25, 0.3) is 0 Å². The van der Waals surface area contributed by atoms with Gasteiger partial charge in [0.2, 0.25) is 5.88 Å². The van der Waals surface area contributed by atoms with Crippen molar-refractivity contribution in [3.05, 3.63) is 23.9 Å². The number of ether oxygens (including phenoxy) is 1. The molecular formula is C20H30N2O3. The summed E-state index contributed by atoms with van der Waals surface area (Å²) in [7, 11) is 0. The van der Waals surface area contributed by atoms with Crippen LogP contribution >= 0.6 is 0 Å². The Bertz CT molecular complexity index is 590. The standard InChI is InChI=1S/C20H30N2O3/c1-14(2)13-25-19-16(8-5-11-21-19)20(24)22-12-6-9-17(22)15-7-3-4-10-18(15)23/h5,8,11,14-15,17-18,23H,3-4,6-7,9-10,12-13H2,1-2H3/t15-,17+,18+/m0/s1. The Labute approximate surface area is 150 Å². The number of hydrogen-bond acceptors (Lipinski definition) is 4. The molecule has 0 aromatic carbocycles. The molecule has 0 spiro atoms. The molecule has 138 valence electrons. The lowest BCUT2D eigenvalue weighted by Crippen LogP contribution is -2.45. The van der Waals surface area contributed by atoms with Gasteiger partial charge in [-0.15, -0.1) is 0 Å². The van der Waals surface area contributed by atoms with E-state index in [-0.39, 0.29) is 24.0 Å². The Hall–Kier alpha value is -1.62. The Morgan fingerprint density at radius 3 is 2.88 bits per heavy atom. The summed E-state index contributed by atoms with van der Waals surface area (Å²) in [5.74, 6) is 1.00. The number of pyridine rings is 1. The van der Waals surface area contributed by atoms with E-state index in [9.17, 15) is 9.90 Å². The molecule has 5 nitrogen and oxygen atoms in total. The van der Waals surface area contributed by atoms with Crippen LogP contribution in [0, 0.1) is 11.8 Å². The largest absolute Gasteiger partial charge is 0.477 e. The quantitative estimate of drug-likeness (QED) is 0.889. The van der Waals surface area contributed by atoms with Gasteiger partial charge in [0, 0.05) is 24.7 Å². The molecule has 1 saturated heterocycles. The fourth-order valence-electron chi connectivity index (χ4n) is 4.15. The molecule has 1 aliphatic carbocycles. The number of aliphatic hydroxyl groups is 1. The van der Waals surface area contributed by atoms with Gasteiger partial charge in [-0.3, -0.25) is 4.79 Å². The number of aromatic nitrogens is 1. The van der Waals surface area contributed by atoms with E-state index in [4.69, 9.17) is 4.74 Å². The summed E-state index contributed by atoms with van der Waals surface area (Å²) < 4.78 is 5.77. The van der Waals surface area contributed by atoms with Crippen LogP contribution in [-0.4, -0.2) is 46.2 Å². The molecule has 1 N–H and O–H groups in total. The molecule has 3 rings (SSSR count). The van der Waals surface area contributed by atoms with Crippen molar-refractivity contribution in [2.75, 3.05) is 13.2 Å². The van der Waals surface area contributed by atoms with Gasteiger partial charge in [-0.25, -0.2) is 4.98 Å². The van der Waals surface area contributed by atoms with Crippen LogP contribution < -0.4 is 4.74 Å². The molecule has 25 heavy (non-hydrogen) atoms. The molecule has 0 radical (unpaired) electrons. The third-order valence-electron chi connectivity index (χ3n) is 5.39. The molecule has 0 bridgehead atoms. The molecule has 1 aromatic heterocycles. The van der Waals surface area contributed by atoms with E-state index in [2.05, 4.69) is 18.8 Å². The van der Waals surface area contributed by atoms with Crippen molar-refractivity contribution in [3.8, 4) is 5.88 Å². The number of likely N-dealkylation sites (tertiary alicyclic amines) is 1.